The Labute approximate surface area is 72.2 Å². The zero-order valence-electron chi connectivity index (χ0n) is 6.50. The molecule has 0 unspecified atom stereocenters. The van der Waals surface area contributed by atoms with Gasteiger partial charge in [0.1, 0.15) is 0 Å². The number of nitrogens with one attached hydrogen (secondary N) is 1. The number of halogens is 1. The van der Waals surface area contributed by atoms with Crippen molar-refractivity contribution in [3.8, 4) is 0 Å². The van der Waals surface area contributed by atoms with Gasteiger partial charge >= 0.3 is 0 Å². The molecule has 2 heterocycles. The van der Waals surface area contributed by atoms with Gasteiger partial charge in [-0.15, -0.1) is 12.4 Å². The molecule has 11 heavy (non-hydrogen) atoms. The predicted molar refractivity (Wildman–Crippen MR) is 47.3 cm³/mol. The highest BCUT2D eigenvalue weighted by Gasteiger charge is 2.11. The van der Waals surface area contributed by atoms with E-state index in [9.17, 15) is 0 Å². The number of anilines is 1. The summed E-state index contributed by atoms with van der Waals surface area (Å²) in [5, 5.41) is 7.45. The zero-order valence-corrected chi connectivity index (χ0v) is 7.32. The zero-order chi connectivity index (χ0) is 6.97. The second-order valence-corrected chi connectivity index (χ2v) is 2.66. The molecule has 0 saturated heterocycles. The van der Waals surface area contributed by atoms with Gasteiger partial charge in [-0.25, -0.2) is 0 Å². The van der Waals surface area contributed by atoms with Crippen LogP contribution >= 0.6 is 12.4 Å². The Morgan fingerprint density at radius 3 is 3.18 bits per heavy atom. The third-order valence-corrected chi connectivity index (χ3v) is 1.97. The Morgan fingerprint density at radius 2 is 2.45 bits per heavy atom. The highest BCUT2D eigenvalue weighted by atomic mass is 35.5. The molecule has 0 fully saturated rings. The summed E-state index contributed by atoms with van der Waals surface area (Å²) in [6, 6.07) is 0. The molecule has 0 spiro atoms. The molecule has 0 radical (unpaired) electrons. The largest absolute Gasteiger partial charge is 0.382 e. The van der Waals surface area contributed by atoms with Gasteiger partial charge in [-0.2, -0.15) is 5.10 Å². The number of aryl methyl sites for hydroxylation is 1. The molecular weight excluding hydrogens is 162 g/mol. The van der Waals surface area contributed by atoms with Crippen molar-refractivity contribution in [3.63, 3.8) is 0 Å². The van der Waals surface area contributed by atoms with Crippen LogP contribution in [0.1, 0.15) is 12.1 Å². The fourth-order valence-electron chi connectivity index (χ4n) is 1.39. The van der Waals surface area contributed by atoms with E-state index in [0.717, 1.165) is 6.54 Å². The van der Waals surface area contributed by atoms with E-state index >= 15 is 0 Å². The van der Waals surface area contributed by atoms with Crippen molar-refractivity contribution in [2.45, 2.75) is 12.8 Å². The first-order valence-corrected chi connectivity index (χ1v) is 3.62. The molecule has 2 rings (SSSR count). The summed E-state index contributed by atoms with van der Waals surface area (Å²) >= 11 is 0. The molecule has 0 aliphatic carbocycles. The average Bonchev–Trinajstić information content (AvgIpc) is 2.34. The molecule has 1 aromatic rings. The average molecular weight is 174 g/mol. The Balaban J connectivity index is 0.000000605. The summed E-state index contributed by atoms with van der Waals surface area (Å²) in [6.07, 6.45) is 4.29. The number of rotatable bonds is 0. The van der Waals surface area contributed by atoms with E-state index in [1.165, 1.54) is 24.2 Å². The smallest absolute Gasteiger partial charge is 0.0759 e. The van der Waals surface area contributed by atoms with Gasteiger partial charge in [-0.05, 0) is 12.8 Å². The molecule has 1 N–H and O–H groups in total. The number of aromatic nitrogens is 2. The van der Waals surface area contributed by atoms with E-state index in [0.29, 0.717) is 0 Å². The lowest BCUT2D eigenvalue weighted by Gasteiger charge is -2.13. The van der Waals surface area contributed by atoms with Crippen LogP contribution in [-0.4, -0.2) is 16.3 Å². The summed E-state index contributed by atoms with van der Waals surface area (Å²) in [7, 11) is 1.99. The van der Waals surface area contributed by atoms with Crippen LogP contribution in [0.15, 0.2) is 6.20 Å². The summed E-state index contributed by atoms with van der Waals surface area (Å²) in [5.74, 6) is 0. The predicted octanol–water partition coefficient (Wildman–Crippen LogP) is 1.20. The number of hydrogen-bond acceptors (Lipinski definition) is 2. The van der Waals surface area contributed by atoms with Crippen molar-refractivity contribution >= 4 is 18.1 Å². The summed E-state index contributed by atoms with van der Waals surface area (Å²) < 4.78 is 1.95. The lowest BCUT2D eigenvalue weighted by atomic mass is 10.1. The first kappa shape index (κ1) is 8.40. The second kappa shape index (κ2) is 3.13. The van der Waals surface area contributed by atoms with Crippen molar-refractivity contribution < 1.29 is 0 Å². The van der Waals surface area contributed by atoms with Gasteiger partial charge in [0, 0.05) is 13.6 Å². The molecule has 0 amide bonds. The van der Waals surface area contributed by atoms with Crippen molar-refractivity contribution in [1.82, 2.24) is 9.78 Å². The fourth-order valence-corrected chi connectivity index (χ4v) is 1.39. The lowest BCUT2D eigenvalue weighted by Crippen LogP contribution is -2.12. The topological polar surface area (TPSA) is 29.9 Å². The minimum Gasteiger partial charge on any atom is -0.382 e. The van der Waals surface area contributed by atoms with Gasteiger partial charge in [0.15, 0.2) is 0 Å². The third kappa shape index (κ3) is 1.33. The third-order valence-electron chi connectivity index (χ3n) is 1.97. The minimum absolute atomic E-state index is 0. The Kier molecular flexibility index (Phi) is 2.39. The lowest BCUT2D eigenvalue weighted by molar-refractivity contribution is 0.682. The Morgan fingerprint density at radius 1 is 1.64 bits per heavy atom. The summed E-state index contributed by atoms with van der Waals surface area (Å²) in [5.41, 5.74) is 2.56. The molecule has 0 saturated carbocycles. The van der Waals surface area contributed by atoms with E-state index in [1.54, 1.807) is 0 Å². The molecule has 62 valence electrons. The van der Waals surface area contributed by atoms with Gasteiger partial charge < -0.3 is 5.32 Å². The van der Waals surface area contributed by atoms with E-state index in [4.69, 9.17) is 0 Å². The summed E-state index contributed by atoms with van der Waals surface area (Å²) in [6.45, 7) is 1.10. The molecule has 1 aliphatic rings. The van der Waals surface area contributed by atoms with Crippen molar-refractivity contribution in [2.75, 3.05) is 11.9 Å². The van der Waals surface area contributed by atoms with Crippen LogP contribution in [0.25, 0.3) is 0 Å². The van der Waals surface area contributed by atoms with Gasteiger partial charge in [0.25, 0.3) is 0 Å². The van der Waals surface area contributed by atoms with Crippen molar-refractivity contribution in [3.05, 3.63) is 11.9 Å². The van der Waals surface area contributed by atoms with Gasteiger partial charge in [0.2, 0.25) is 0 Å². The highest BCUT2D eigenvalue weighted by molar-refractivity contribution is 5.85. The molecule has 4 heteroatoms. The first-order chi connectivity index (χ1) is 4.88. The maximum Gasteiger partial charge on any atom is 0.0759 e. The van der Waals surface area contributed by atoms with Gasteiger partial charge in [-0.3, -0.25) is 4.68 Å². The Bertz CT molecular complexity index is 244. The minimum atomic E-state index is 0. The quantitative estimate of drug-likeness (QED) is 0.639. The number of fused-ring (bicyclic) bond motifs is 1. The summed E-state index contributed by atoms with van der Waals surface area (Å²) in [4.78, 5) is 0. The normalized spacial score (nSPS) is 14.6. The fraction of sp³-hybridized carbons (Fsp3) is 0.571. The van der Waals surface area contributed by atoms with Crippen LogP contribution in [0.4, 0.5) is 5.69 Å². The van der Waals surface area contributed by atoms with Crippen LogP contribution in [0.5, 0.6) is 0 Å². The van der Waals surface area contributed by atoms with Crippen molar-refractivity contribution in [2.24, 2.45) is 7.05 Å². The van der Waals surface area contributed by atoms with Crippen LogP contribution in [0.3, 0.4) is 0 Å². The van der Waals surface area contributed by atoms with Gasteiger partial charge in [-0.1, -0.05) is 0 Å². The van der Waals surface area contributed by atoms with Gasteiger partial charge in [0.05, 0.1) is 17.6 Å². The molecule has 1 aromatic heterocycles. The molecule has 3 nitrogen and oxygen atoms in total. The van der Waals surface area contributed by atoms with Crippen LogP contribution in [-0.2, 0) is 13.5 Å². The van der Waals surface area contributed by atoms with E-state index in [2.05, 4.69) is 10.4 Å². The standard InChI is InChI=1S/C7H11N3.ClH/c1-10-7-3-2-4-8-6(7)5-9-10;/h5,8H,2-4H2,1H3;1H. The molecular formula is C7H12ClN3. The van der Waals surface area contributed by atoms with Crippen molar-refractivity contribution in [1.29, 1.82) is 0 Å². The van der Waals surface area contributed by atoms with Crippen LogP contribution in [0, 0.1) is 0 Å². The maximum absolute atomic E-state index is 4.15. The molecule has 0 bridgehead atoms. The number of nitrogens with zero attached hydrogens (tertiary/aromatic N) is 2. The molecule has 1 aliphatic heterocycles. The SMILES string of the molecule is Cl.Cn1ncc2c1CCCN2. The molecule has 0 aromatic carbocycles. The first-order valence-electron chi connectivity index (χ1n) is 3.62. The monoisotopic (exact) mass is 173 g/mol. The molecule has 0 atom stereocenters. The van der Waals surface area contributed by atoms with Crippen LogP contribution < -0.4 is 5.32 Å². The van der Waals surface area contributed by atoms with E-state index < -0.39 is 0 Å². The highest BCUT2D eigenvalue weighted by Crippen LogP contribution is 2.19. The van der Waals surface area contributed by atoms with E-state index in [1.807, 2.05) is 17.9 Å². The second-order valence-electron chi connectivity index (χ2n) is 2.66. The maximum atomic E-state index is 4.15. The number of hydrogen-bond donors (Lipinski definition) is 1. The Hall–Kier alpha value is -0.700. The van der Waals surface area contributed by atoms with E-state index in [-0.39, 0.29) is 12.4 Å². The van der Waals surface area contributed by atoms with Crippen LogP contribution in [0.2, 0.25) is 0 Å².